The predicted octanol–water partition coefficient (Wildman–Crippen LogP) is 3.41. The number of thioether (sulfide) groups is 1. The van der Waals surface area contributed by atoms with Gasteiger partial charge in [-0.25, -0.2) is 15.0 Å². The Labute approximate surface area is 153 Å². The summed E-state index contributed by atoms with van der Waals surface area (Å²) in [7, 11) is 1.39. The number of hydrogen-bond acceptors (Lipinski definition) is 8. The Morgan fingerprint density at radius 2 is 2.16 bits per heavy atom. The molecule has 8 heteroatoms. The van der Waals surface area contributed by atoms with E-state index in [0.717, 1.165) is 44.4 Å². The van der Waals surface area contributed by atoms with Crippen LogP contribution in [-0.2, 0) is 9.53 Å². The normalized spacial score (nSPS) is 14.6. The van der Waals surface area contributed by atoms with Gasteiger partial charge in [0.2, 0.25) is 0 Å². The Hall–Kier alpha value is -1.93. The van der Waals surface area contributed by atoms with Crippen LogP contribution in [0.15, 0.2) is 17.4 Å². The highest BCUT2D eigenvalue weighted by atomic mass is 32.2. The Kier molecular flexibility index (Phi) is 4.47. The molecule has 0 bridgehead atoms. The first-order valence-corrected chi connectivity index (χ1v) is 9.97. The van der Waals surface area contributed by atoms with Crippen molar-refractivity contribution in [3.8, 4) is 0 Å². The van der Waals surface area contributed by atoms with Gasteiger partial charge in [0.25, 0.3) is 0 Å². The summed E-state index contributed by atoms with van der Waals surface area (Å²) in [6, 6.07) is 2.16. The maximum Gasteiger partial charge on any atom is 0.316 e. The lowest BCUT2D eigenvalue weighted by Gasteiger charge is -2.16. The fourth-order valence-electron chi connectivity index (χ4n) is 3.11. The van der Waals surface area contributed by atoms with Crippen LogP contribution in [0.2, 0.25) is 0 Å². The van der Waals surface area contributed by atoms with Gasteiger partial charge < -0.3 is 9.64 Å². The van der Waals surface area contributed by atoms with Crippen molar-refractivity contribution in [1.29, 1.82) is 0 Å². The molecule has 0 radical (unpaired) electrons. The van der Waals surface area contributed by atoms with E-state index in [9.17, 15) is 4.79 Å². The van der Waals surface area contributed by atoms with Gasteiger partial charge in [0.05, 0.1) is 23.1 Å². The van der Waals surface area contributed by atoms with E-state index in [4.69, 9.17) is 9.72 Å². The van der Waals surface area contributed by atoms with E-state index in [1.165, 1.54) is 37.3 Å². The first-order valence-electron chi connectivity index (χ1n) is 8.17. The molecule has 130 valence electrons. The Morgan fingerprint density at radius 3 is 2.92 bits per heavy atom. The number of rotatable bonds is 4. The van der Waals surface area contributed by atoms with Gasteiger partial charge in [-0.05, 0) is 31.4 Å². The van der Waals surface area contributed by atoms with E-state index >= 15 is 0 Å². The quantitative estimate of drug-likeness (QED) is 0.394. The highest BCUT2D eigenvalue weighted by Gasteiger charge is 2.19. The lowest BCUT2D eigenvalue weighted by Crippen LogP contribution is -2.18. The highest BCUT2D eigenvalue weighted by molar-refractivity contribution is 8.00. The molecule has 0 spiro atoms. The fraction of sp³-hybridized carbons (Fsp3) is 0.412. The molecule has 1 saturated heterocycles. The second-order valence-electron chi connectivity index (χ2n) is 6.00. The second-order valence-corrected chi connectivity index (χ2v) is 7.96. The molecule has 1 aliphatic heterocycles. The van der Waals surface area contributed by atoms with Gasteiger partial charge in [0, 0.05) is 18.5 Å². The maximum atomic E-state index is 11.4. The Balaban J connectivity index is 1.80. The van der Waals surface area contributed by atoms with E-state index in [2.05, 4.69) is 27.9 Å². The third kappa shape index (κ3) is 3.04. The highest BCUT2D eigenvalue weighted by Crippen LogP contribution is 2.39. The summed E-state index contributed by atoms with van der Waals surface area (Å²) in [4.78, 5) is 28.5. The van der Waals surface area contributed by atoms with Crippen LogP contribution in [0.25, 0.3) is 20.4 Å². The van der Waals surface area contributed by atoms with Crippen LogP contribution in [-0.4, -0.2) is 46.9 Å². The van der Waals surface area contributed by atoms with E-state index < -0.39 is 0 Å². The lowest BCUT2D eigenvalue weighted by molar-refractivity contribution is -0.137. The molecule has 0 aliphatic carbocycles. The van der Waals surface area contributed by atoms with Crippen molar-refractivity contribution in [1.82, 2.24) is 15.0 Å². The topological polar surface area (TPSA) is 68.2 Å². The van der Waals surface area contributed by atoms with Crippen LogP contribution >= 0.6 is 23.1 Å². The summed E-state index contributed by atoms with van der Waals surface area (Å²) in [5.74, 6) is 1.02. The maximum absolute atomic E-state index is 11.4. The molecule has 0 unspecified atom stereocenters. The molecule has 0 aromatic carbocycles. The molecule has 1 aliphatic rings. The molecule has 4 heterocycles. The average molecular weight is 374 g/mol. The van der Waals surface area contributed by atoms with Crippen LogP contribution in [0, 0.1) is 6.92 Å². The molecule has 0 saturated carbocycles. The van der Waals surface area contributed by atoms with E-state index in [-0.39, 0.29) is 11.7 Å². The first kappa shape index (κ1) is 16.5. The zero-order chi connectivity index (χ0) is 17.4. The van der Waals surface area contributed by atoms with E-state index in [1.807, 2.05) is 0 Å². The number of pyridine rings is 1. The Morgan fingerprint density at radius 1 is 1.36 bits per heavy atom. The predicted molar refractivity (Wildman–Crippen MR) is 102 cm³/mol. The molecule has 6 nitrogen and oxygen atoms in total. The standard InChI is InChI=1S/C17H18N4O2S2/c1-10-7-11(21-5-3-4-6-21)20-16-13(10)14-15(25-16)17(19-9-18-14)24-8-12(22)23-2/h7,9H,3-6,8H2,1-2H3. The third-order valence-corrected chi connectivity index (χ3v) is 6.53. The van der Waals surface area contributed by atoms with Crippen molar-refractivity contribution in [2.45, 2.75) is 24.8 Å². The van der Waals surface area contributed by atoms with Gasteiger partial charge in [0.15, 0.2) is 0 Å². The van der Waals surface area contributed by atoms with Crippen molar-refractivity contribution >= 4 is 55.3 Å². The number of fused-ring (bicyclic) bond motifs is 3. The fourth-order valence-corrected chi connectivity index (χ4v) is 5.22. The summed E-state index contributed by atoms with van der Waals surface area (Å²) in [6.07, 6.45) is 4.01. The van der Waals surface area contributed by atoms with Gasteiger partial charge in [0.1, 0.15) is 22.0 Å². The lowest BCUT2D eigenvalue weighted by atomic mass is 10.2. The van der Waals surface area contributed by atoms with Crippen LogP contribution in [0.5, 0.6) is 0 Å². The number of aromatic nitrogens is 3. The van der Waals surface area contributed by atoms with Crippen molar-refractivity contribution in [3.05, 3.63) is 18.0 Å². The first-order chi connectivity index (χ1) is 12.2. The number of methoxy groups -OCH3 is 1. The molecule has 0 amide bonds. The van der Waals surface area contributed by atoms with Crippen LogP contribution in [0.1, 0.15) is 18.4 Å². The van der Waals surface area contributed by atoms with Crippen molar-refractivity contribution in [2.75, 3.05) is 30.9 Å². The number of aryl methyl sites for hydroxylation is 1. The van der Waals surface area contributed by atoms with Crippen LogP contribution in [0.4, 0.5) is 5.82 Å². The molecule has 0 atom stereocenters. The zero-order valence-corrected chi connectivity index (χ0v) is 15.7. The number of nitrogens with zero attached hydrogens (tertiary/aromatic N) is 4. The molecule has 25 heavy (non-hydrogen) atoms. The second kappa shape index (κ2) is 6.76. The average Bonchev–Trinajstić information content (AvgIpc) is 3.27. The summed E-state index contributed by atoms with van der Waals surface area (Å²) < 4.78 is 5.70. The number of carbonyl (C=O) groups excluding carboxylic acids is 1. The van der Waals surface area contributed by atoms with E-state index in [1.54, 1.807) is 17.7 Å². The number of esters is 1. The molecule has 1 fully saturated rings. The minimum Gasteiger partial charge on any atom is -0.468 e. The van der Waals surface area contributed by atoms with Gasteiger partial charge in [-0.2, -0.15) is 0 Å². The van der Waals surface area contributed by atoms with Crippen molar-refractivity contribution in [2.24, 2.45) is 0 Å². The largest absolute Gasteiger partial charge is 0.468 e. The zero-order valence-electron chi connectivity index (χ0n) is 14.1. The van der Waals surface area contributed by atoms with Gasteiger partial charge in [-0.3, -0.25) is 4.79 Å². The summed E-state index contributed by atoms with van der Waals surface area (Å²) >= 11 is 2.98. The summed E-state index contributed by atoms with van der Waals surface area (Å²) in [6.45, 7) is 4.25. The molecular formula is C17H18N4O2S2. The summed E-state index contributed by atoms with van der Waals surface area (Å²) in [5.41, 5.74) is 2.10. The van der Waals surface area contributed by atoms with Crippen molar-refractivity contribution in [3.63, 3.8) is 0 Å². The number of anilines is 1. The van der Waals surface area contributed by atoms with Gasteiger partial charge in [-0.15, -0.1) is 11.3 Å². The molecule has 4 rings (SSSR count). The summed E-state index contributed by atoms with van der Waals surface area (Å²) in [5, 5.41) is 1.89. The molecule has 3 aromatic rings. The number of carbonyl (C=O) groups is 1. The number of thiophene rings is 1. The minimum absolute atomic E-state index is 0.238. The van der Waals surface area contributed by atoms with Crippen LogP contribution in [0.3, 0.4) is 0 Å². The van der Waals surface area contributed by atoms with Gasteiger partial charge >= 0.3 is 5.97 Å². The smallest absolute Gasteiger partial charge is 0.316 e. The van der Waals surface area contributed by atoms with E-state index in [0.29, 0.717) is 0 Å². The SMILES string of the molecule is COC(=O)CSc1ncnc2c1sc1nc(N3CCCC3)cc(C)c12. The molecule has 3 aromatic heterocycles. The molecule has 0 N–H and O–H groups in total. The minimum atomic E-state index is -0.261. The van der Waals surface area contributed by atoms with Crippen LogP contribution < -0.4 is 4.90 Å². The number of hydrogen-bond donors (Lipinski definition) is 0. The monoisotopic (exact) mass is 374 g/mol. The van der Waals surface area contributed by atoms with Gasteiger partial charge in [-0.1, -0.05) is 11.8 Å². The van der Waals surface area contributed by atoms with Crippen molar-refractivity contribution < 1.29 is 9.53 Å². The number of ether oxygens (including phenoxy) is 1. The third-order valence-electron chi connectivity index (χ3n) is 4.36. The molecular weight excluding hydrogens is 356 g/mol. The Bertz CT molecular complexity index is 951.